The number of ether oxygens (including phenoxy) is 1. The van der Waals surface area contributed by atoms with Crippen LogP contribution in [0.1, 0.15) is 17.0 Å². The van der Waals surface area contributed by atoms with Gasteiger partial charge in [-0.15, -0.1) is 0 Å². The molecule has 0 saturated heterocycles. The number of nitrogens with two attached hydrogens (primary N) is 1. The average molecular weight is 366 g/mol. The molecule has 1 aromatic heterocycles. The first-order valence-electron chi connectivity index (χ1n) is 8.79. The van der Waals surface area contributed by atoms with Crippen molar-refractivity contribution in [1.29, 1.82) is 5.26 Å². The minimum atomic E-state index is -0.654. The van der Waals surface area contributed by atoms with Crippen molar-refractivity contribution in [2.45, 2.75) is 5.92 Å². The molecule has 2 heterocycles. The highest BCUT2D eigenvalue weighted by molar-refractivity contribution is 5.87. The topological polar surface area (TPSA) is 89.3 Å². The van der Waals surface area contributed by atoms with E-state index in [1.807, 2.05) is 48.5 Å². The first kappa shape index (κ1) is 16.2. The van der Waals surface area contributed by atoms with E-state index in [9.17, 15) is 10.1 Å². The van der Waals surface area contributed by atoms with Crippen LogP contribution < -0.4 is 16.1 Å². The number of hydrogen-bond donors (Lipinski definition) is 1. The van der Waals surface area contributed by atoms with Crippen molar-refractivity contribution in [2.24, 2.45) is 5.73 Å². The van der Waals surface area contributed by atoms with Gasteiger partial charge in [-0.1, -0.05) is 54.6 Å². The van der Waals surface area contributed by atoms with Gasteiger partial charge in [0.25, 0.3) is 0 Å². The number of para-hydroxylation sites is 1. The Balaban J connectivity index is 1.85. The summed E-state index contributed by atoms with van der Waals surface area (Å²) in [6, 6.07) is 23.0. The molecule has 0 fully saturated rings. The Morgan fingerprint density at radius 2 is 1.71 bits per heavy atom. The van der Waals surface area contributed by atoms with E-state index in [1.165, 1.54) is 0 Å². The Labute approximate surface area is 159 Å². The zero-order valence-electron chi connectivity index (χ0n) is 14.7. The average Bonchev–Trinajstić information content (AvgIpc) is 2.72. The summed E-state index contributed by atoms with van der Waals surface area (Å²) in [4.78, 5) is 12.9. The summed E-state index contributed by atoms with van der Waals surface area (Å²) in [5, 5.41) is 12.5. The summed E-state index contributed by atoms with van der Waals surface area (Å²) >= 11 is 0. The van der Waals surface area contributed by atoms with Crippen LogP contribution >= 0.6 is 0 Å². The molecule has 1 atom stereocenters. The van der Waals surface area contributed by atoms with E-state index in [1.54, 1.807) is 18.2 Å². The van der Waals surface area contributed by atoms with Crippen LogP contribution in [-0.4, -0.2) is 0 Å². The molecule has 0 unspecified atom stereocenters. The highest BCUT2D eigenvalue weighted by atomic mass is 16.5. The highest BCUT2D eigenvalue weighted by Crippen LogP contribution is 2.43. The molecule has 5 rings (SSSR count). The SMILES string of the molecule is N#CC1=C(N)Oc2c(c(=O)oc3ccccc23)[C@H]1c1ccc2ccccc2c1. The number of allylic oxidation sites excluding steroid dienone is 1. The predicted octanol–water partition coefficient (Wildman–Crippen LogP) is 4.16. The van der Waals surface area contributed by atoms with Crippen LogP contribution in [0.25, 0.3) is 21.7 Å². The van der Waals surface area contributed by atoms with Gasteiger partial charge in [-0.25, -0.2) is 4.79 Å². The smallest absolute Gasteiger partial charge is 0.344 e. The second kappa shape index (κ2) is 6.00. The van der Waals surface area contributed by atoms with E-state index in [-0.39, 0.29) is 11.5 Å². The second-order valence-corrected chi connectivity index (χ2v) is 6.66. The van der Waals surface area contributed by atoms with Gasteiger partial charge in [0.05, 0.1) is 16.9 Å². The molecule has 0 aliphatic carbocycles. The van der Waals surface area contributed by atoms with Gasteiger partial charge in [-0.2, -0.15) is 5.26 Å². The Morgan fingerprint density at radius 3 is 2.54 bits per heavy atom. The predicted molar refractivity (Wildman–Crippen MR) is 106 cm³/mol. The standard InChI is InChI=1S/C23H14N2O3/c24-12-17-19(15-10-9-13-5-1-2-6-14(13)11-15)20-21(28-22(17)25)16-7-3-4-8-18(16)27-23(20)26/h1-11,19H,25H2/t19-/m0/s1. The van der Waals surface area contributed by atoms with Gasteiger partial charge in [-0.3, -0.25) is 0 Å². The third-order valence-electron chi connectivity index (χ3n) is 5.08. The number of nitrogens with zero attached hydrogens (tertiary/aromatic N) is 1. The number of fused-ring (bicyclic) bond motifs is 4. The van der Waals surface area contributed by atoms with Crippen LogP contribution in [0.15, 0.2) is 87.4 Å². The monoisotopic (exact) mass is 366 g/mol. The van der Waals surface area contributed by atoms with E-state index in [0.717, 1.165) is 16.3 Å². The number of benzene rings is 3. The van der Waals surface area contributed by atoms with Gasteiger partial charge in [0, 0.05) is 0 Å². The normalized spacial score (nSPS) is 15.9. The lowest BCUT2D eigenvalue weighted by atomic mass is 9.83. The molecule has 0 radical (unpaired) electrons. The van der Waals surface area contributed by atoms with Crippen LogP contribution in [-0.2, 0) is 0 Å². The molecule has 0 bridgehead atoms. The van der Waals surface area contributed by atoms with Gasteiger partial charge >= 0.3 is 5.63 Å². The molecule has 134 valence electrons. The van der Waals surface area contributed by atoms with Crippen molar-refractivity contribution >= 4 is 21.7 Å². The van der Waals surface area contributed by atoms with Crippen LogP contribution in [0.2, 0.25) is 0 Å². The van der Waals surface area contributed by atoms with E-state index in [2.05, 4.69) is 6.07 Å². The fourth-order valence-corrected chi connectivity index (χ4v) is 3.79. The summed E-state index contributed by atoms with van der Waals surface area (Å²) in [5.41, 5.74) is 7.24. The van der Waals surface area contributed by atoms with E-state index in [0.29, 0.717) is 22.3 Å². The summed E-state index contributed by atoms with van der Waals surface area (Å²) in [7, 11) is 0. The fourth-order valence-electron chi connectivity index (χ4n) is 3.79. The number of rotatable bonds is 1. The zero-order valence-corrected chi connectivity index (χ0v) is 14.7. The van der Waals surface area contributed by atoms with Crippen molar-refractivity contribution in [3.63, 3.8) is 0 Å². The van der Waals surface area contributed by atoms with Crippen molar-refractivity contribution in [3.8, 4) is 11.8 Å². The number of nitriles is 1. The van der Waals surface area contributed by atoms with E-state index >= 15 is 0 Å². The fraction of sp³-hybridized carbons (Fsp3) is 0.0435. The van der Waals surface area contributed by atoms with Gasteiger partial charge < -0.3 is 14.9 Å². The molecule has 5 nitrogen and oxygen atoms in total. The molecule has 3 aromatic carbocycles. The van der Waals surface area contributed by atoms with Crippen LogP contribution in [0.4, 0.5) is 0 Å². The number of hydrogen-bond acceptors (Lipinski definition) is 5. The molecular weight excluding hydrogens is 352 g/mol. The highest BCUT2D eigenvalue weighted by Gasteiger charge is 2.35. The quantitative estimate of drug-likeness (QED) is 0.511. The zero-order chi connectivity index (χ0) is 19.3. The van der Waals surface area contributed by atoms with E-state index < -0.39 is 11.5 Å². The minimum absolute atomic E-state index is 0.00362. The van der Waals surface area contributed by atoms with Crippen molar-refractivity contribution in [2.75, 3.05) is 0 Å². The lowest BCUT2D eigenvalue weighted by Crippen LogP contribution is -2.26. The Kier molecular flexibility index (Phi) is 3.46. The Morgan fingerprint density at radius 1 is 0.964 bits per heavy atom. The molecule has 2 N–H and O–H groups in total. The molecule has 5 heteroatoms. The van der Waals surface area contributed by atoms with Crippen molar-refractivity contribution in [3.05, 3.63) is 99.7 Å². The minimum Gasteiger partial charge on any atom is -0.439 e. The Bertz CT molecular complexity index is 1390. The summed E-state index contributed by atoms with van der Waals surface area (Å²) in [6.07, 6.45) is 0. The van der Waals surface area contributed by atoms with Gasteiger partial charge in [0.15, 0.2) is 5.75 Å². The maximum Gasteiger partial charge on any atom is 0.344 e. The van der Waals surface area contributed by atoms with Gasteiger partial charge in [0.1, 0.15) is 17.2 Å². The summed E-state index contributed by atoms with van der Waals surface area (Å²) < 4.78 is 11.3. The molecular formula is C23H14N2O3. The first-order valence-corrected chi connectivity index (χ1v) is 8.79. The first-order chi connectivity index (χ1) is 13.7. The molecule has 4 aromatic rings. The van der Waals surface area contributed by atoms with Crippen molar-refractivity contribution in [1.82, 2.24) is 0 Å². The molecule has 1 aliphatic rings. The lowest BCUT2D eigenvalue weighted by molar-refractivity contribution is 0.388. The lowest BCUT2D eigenvalue weighted by Gasteiger charge is -2.26. The summed E-state index contributed by atoms with van der Waals surface area (Å²) in [5.74, 6) is -0.301. The van der Waals surface area contributed by atoms with Crippen LogP contribution in [0.3, 0.4) is 0 Å². The molecule has 0 amide bonds. The van der Waals surface area contributed by atoms with E-state index in [4.69, 9.17) is 14.9 Å². The van der Waals surface area contributed by atoms with Crippen LogP contribution in [0.5, 0.6) is 5.75 Å². The third kappa shape index (κ3) is 2.29. The van der Waals surface area contributed by atoms with Crippen molar-refractivity contribution < 1.29 is 9.15 Å². The molecule has 28 heavy (non-hydrogen) atoms. The van der Waals surface area contributed by atoms with Gasteiger partial charge in [0.2, 0.25) is 5.88 Å². The molecule has 0 saturated carbocycles. The molecule has 0 spiro atoms. The second-order valence-electron chi connectivity index (χ2n) is 6.66. The molecule has 1 aliphatic heterocycles. The summed E-state index contributed by atoms with van der Waals surface area (Å²) in [6.45, 7) is 0. The largest absolute Gasteiger partial charge is 0.439 e. The maximum absolute atomic E-state index is 12.9. The maximum atomic E-state index is 12.9. The van der Waals surface area contributed by atoms with Crippen LogP contribution in [0, 0.1) is 11.3 Å². The third-order valence-corrected chi connectivity index (χ3v) is 5.08. The van der Waals surface area contributed by atoms with Gasteiger partial charge in [-0.05, 0) is 28.5 Å². The Hall–Kier alpha value is -4.04.